The number of ether oxygens (including phenoxy) is 1. The third kappa shape index (κ3) is 2.54. The molecule has 0 atom stereocenters. The molecule has 13 heavy (non-hydrogen) atoms. The van der Waals surface area contributed by atoms with Crippen LogP contribution in [0.25, 0.3) is 0 Å². The minimum atomic E-state index is -0.326. The number of pyridine rings is 1. The summed E-state index contributed by atoms with van der Waals surface area (Å²) in [7, 11) is 0. The number of rotatable bonds is 1. The largest absolute Gasteiger partial charge is 0.602 e. The van der Waals surface area contributed by atoms with Gasteiger partial charge in [-0.25, -0.2) is 0 Å². The van der Waals surface area contributed by atoms with E-state index < -0.39 is 0 Å². The van der Waals surface area contributed by atoms with Crippen LogP contribution in [0.4, 0.5) is 4.79 Å². The smallest absolute Gasteiger partial charge is 0.409 e. The third-order valence-electron chi connectivity index (χ3n) is 1.60. The summed E-state index contributed by atoms with van der Waals surface area (Å²) in [6, 6.07) is 5.55. The summed E-state index contributed by atoms with van der Waals surface area (Å²) in [6.07, 6.45) is 1.28. The molecule has 0 aliphatic rings. The summed E-state index contributed by atoms with van der Waals surface area (Å²) < 4.78 is 6.53. The second-order valence-corrected chi connectivity index (χ2v) is 3.14. The molecular weight excluding hydrogens is 166 g/mol. The van der Waals surface area contributed by atoms with E-state index in [4.69, 9.17) is 4.74 Å². The van der Waals surface area contributed by atoms with Crippen LogP contribution in [-0.4, -0.2) is 12.2 Å². The molecule has 0 N–H and O–H groups in total. The number of aromatic nitrogens is 1. The van der Waals surface area contributed by atoms with Gasteiger partial charge in [0.15, 0.2) is 11.9 Å². The van der Waals surface area contributed by atoms with Gasteiger partial charge in [0.2, 0.25) is 0 Å². The lowest BCUT2D eigenvalue weighted by Gasteiger charge is -2.03. The van der Waals surface area contributed by atoms with Crippen molar-refractivity contribution in [2.24, 2.45) is 0 Å². The van der Waals surface area contributed by atoms with Gasteiger partial charge in [-0.15, -0.1) is 0 Å². The van der Waals surface area contributed by atoms with Crippen molar-refractivity contribution < 1.29 is 14.1 Å². The molecule has 0 aliphatic carbocycles. The van der Waals surface area contributed by atoms with E-state index in [-0.39, 0.29) is 12.2 Å². The standard InChI is InChI=1S/C10H14NO2/c1-8(2)13-10(12)11-7-5-4-6-9(11)3/h4-8H,1-3H3/q+1. The summed E-state index contributed by atoms with van der Waals surface area (Å²) in [5.41, 5.74) is 0.869. The minimum Gasteiger partial charge on any atom is -0.409 e. The normalized spacial score (nSPS) is 10.2. The van der Waals surface area contributed by atoms with Crippen LogP contribution in [-0.2, 0) is 4.74 Å². The van der Waals surface area contributed by atoms with Crippen molar-refractivity contribution in [1.82, 2.24) is 0 Å². The second-order valence-electron chi connectivity index (χ2n) is 3.14. The molecule has 0 fully saturated rings. The Bertz CT molecular complexity index is 308. The Morgan fingerprint density at radius 2 is 2.15 bits per heavy atom. The molecule has 0 radical (unpaired) electrons. The van der Waals surface area contributed by atoms with Gasteiger partial charge in [0.05, 0.1) is 0 Å². The highest BCUT2D eigenvalue weighted by Crippen LogP contribution is 1.92. The Kier molecular flexibility index (Phi) is 3.01. The lowest BCUT2D eigenvalue weighted by Crippen LogP contribution is -2.46. The summed E-state index contributed by atoms with van der Waals surface area (Å²) in [5, 5.41) is 0. The number of aryl methyl sites for hydroxylation is 1. The second kappa shape index (κ2) is 4.03. The Morgan fingerprint density at radius 1 is 1.46 bits per heavy atom. The summed E-state index contributed by atoms with van der Waals surface area (Å²) in [4.78, 5) is 11.4. The lowest BCUT2D eigenvalue weighted by atomic mass is 10.4. The van der Waals surface area contributed by atoms with Gasteiger partial charge in [0, 0.05) is 19.1 Å². The molecule has 1 aromatic rings. The van der Waals surface area contributed by atoms with Crippen molar-refractivity contribution in [1.29, 1.82) is 0 Å². The molecule has 0 bridgehead atoms. The molecule has 0 saturated heterocycles. The molecule has 0 unspecified atom stereocenters. The van der Waals surface area contributed by atoms with Gasteiger partial charge in [-0.2, -0.15) is 4.79 Å². The monoisotopic (exact) mass is 180 g/mol. The zero-order chi connectivity index (χ0) is 9.84. The molecule has 0 saturated carbocycles. The van der Waals surface area contributed by atoms with E-state index in [1.54, 1.807) is 12.3 Å². The number of carbonyl (C=O) groups excluding carboxylic acids is 1. The molecular formula is C10H14NO2+. The van der Waals surface area contributed by atoms with Crippen molar-refractivity contribution in [3.63, 3.8) is 0 Å². The van der Waals surface area contributed by atoms with Gasteiger partial charge in [0.25, 0.3) is 0 Å². The highest BCUT2D eigenvalue weighted by atomic mass is 16.6. The molecule has 70 valence electrons. The van der Waals surface area contributed by atoms with Gasteiger partial charge in [-0.1, -0.05) is 10.6 Å². The molecule has 1 rings (SSSR count). The van der Waals surface area contributed by atoms with Crippen LogP contribution in [0, 0.1) is 6.92 Å². The van der Waals surface area contributed by atoms with E-state index in [0.29, 0.717) is 0 Å². The van der Waals surface area contributed by atoms with Crippen molar-refractivity contribution >= 4 is 6.09 Å². The van der Waals surface area contributed by atoms with E-state index in [1.807, 2.05) is 32.9 Å². The van der Waals surface area contributed by atoms with Gasteiger partial charge in [-0.3, -0.25) is 0 Å². The highest BCUT2D eigenvalue weighted by molar-refractivity contribution is 5.57. The third-order valence-corrected chi connectivity index (χ3v) is 1.60. The van der Waals surface area contributed by atoms with Crippen LogP contribution in [0.5, 0.6) is 0 Å². The average molecular weight is 180 g/mol. The van der Waals surface area contributed by atoms with Crippen molar-refractivity contribution in [3.8, 4) is 0 Å². The summed E-state index contributed by atoms with van der Waals surface area (Å²) in [5.74, 6) is 0. The highest BCUT2D eigenvalue weighted by Gasteiger charge is 2.19. The predicted molar refractivity (Wildman–Crippen MR) is 48.4 cm³/mol. The Labute approximate surface area is 78.0 Å². The fourth-order valence-corrected chi connectivity index (χ4v) is 0.992. The maximum absolute atomic E-state index is 11.4. The first-order valence-electron chi connectivity index (χ1n) is 4.29. The molecule has 3 nitrogen and oxygen atoms in total. The van der Waals surface area contributed by atoms with E-state index in [0.717, 1.165) is 5.69 Å². The molecule has 1 heterocycles. The number of nitrogens with zero attached hydrogens (tertiary/aromatic N) is 1. The van der Waals surface area contributed by atoms with Crippen LogP contribution in [0.1, 0.15) is 19.5 Å². The van der Waals surface area contributed by atoms with Gasteiger partial charge in [-0.05, 0) is 13.8 Å². The van der Waals surface area contributed by atoms with Crippen LogP contribution >= 0.6 is 0 Å². The zero-order valence-corrected chi connectivity index (χ0v) is 8.15. The molecule has 1 aromatic heterocycles. The Balaban J connectivity index is 2.83. The van der Waals surface area contributed by atoms with Crippen molar-refractivity contribution in [3.05, 3.63) is 30.1 Å². The molecule has 0 aromatic carbocycles. The first-order valence-corrected chi connectivity index (χ1v) is 4.29. The van der Waals surface area contributed by atoms with Crippen LogP contribution in [0.15, 0.2) is 24.4 Å². The Hall–Kier alpha value is -1.38. The SMILES string of the molecule is Cc1cccc[n+]1C(=O)OC(C)C. The molecule has 0 aliphatic heterocycles. The van der Waals surface area contributed by atoms with Crippen molar-refractivity contribution in [2.75, 3.05) is 0 Å². The first-order chi connectivity index (χ1) is 6.11. The van der Waals surface area contributed by atoms with Crippen molar-refractivity contribution in [2.45, 2.75) is 26.9 Å². The maximum atomic E-state index is 11.4. The maximum Gasteiger partial charge on any atom is 0.602 e. The van der Waals surface area contributed by atoms with Gasteiger partial charge in [0.1, 0.15) is 6.10 Å². The van der Waals surface area contributed by atoms with Gasteiger partial charge < -0.3 is 4.74 Å². The lowest BCUT2D eigenvalue weighted by molar-refractivity contribution is -0.593. The number of carbonyl (C=O) groups is 1. The Morgan fingerprint density at radius 3 is 2.69 bits per heavy atom. The van der Waals surface area contributed by atoms with Crippen LogP contribution < -0.4 is 4.57 Å². The zero-order valence-electron chi connectivity index (χ0n) is 8.15. The topological polar surface area (TPSA) is 30.2 Å². The van der Waals surface area contributed by atoms with Gasteiger partial charge >= 0.3 is 6.09 Å². The van der Waals surface area contributed by atoms with E-state index in [1.165, 1.54) is 4.57 Å². The molecule has 0 amide bonds. The fourth-order valence-electron chi connectivity index (χ4n) is 0.992. The first kappa shape index (κ1) is 9.71. The number of hydrogen-bond acceptors (Lipinski definition) is 2. The fraction of sp³-hybridized carbons (Fsp3) is 0.400. The summed E-state index contributed by atoms with van der Waals surface area (Å²) in [6.45, 7) is 5.52. The molecule has 3 heteroatoms. The van der Waals surface area contributed by atoms with E-state index in [2.05, 4.69) is 0 Å². The average Bonchev–Trinajstić information content (AvgIpc) is 2.03. The van der Waals surface area contributed by atoms with Crippen LogP contribution in [0.2, 0.25) is 0 Å². The van der Waals surface area contributed by atoms with Crippen LogP contribution in [0.3, 0.4) is 0 Å². The minimum absolute atomic E-state index is 0.0837. The van der Waals surface area contributed by atoms with E-state index in [9.17, 15) is 4.79 Å². The predicted octanol–water partition coefficient (Wildman–Crippen LogP) is 1.68. The van der Waals surface area contributed by atoms with E-state index >= 15 is 0 Å². The number of hydrogen-bond donors (Lipinski definition) is 0. The summed E-state index contributed by atoms with van der Waals surface area (Å²) >= 11 is 0. The molecule has 0 spiro atoms. The quantitative estimate of drug-likeness (QED) is 0.615.